The predicted octanol–water partition coefficient (Wildman–Crippen LogP) is 3.01. The molecule has 3 aromatic rings. The van der Waals surface area contributed by atoms with Crippen molar-refractivity contribution in [3.8, 4) is 0 Å². The SMILES string of the molecule is CCc1cnc(CNCc2ccc3[nH]ccc3c2)o1. The van der Waals surface area contributed by atoms with Gasteiger partial charge >= 0.3 is 0 Å². The summed E-state index contributed by atoms with van der Waals surface area (Å²) >= 11 is 0. The van der Waals surface area contributed by atoms with Crippen LogP contribution in [0.5, 0.6) is 0 Å². The Morgan fingerprint density at radius 1 is 1.26 bits per heavy atom. The summed E-state index contributed by atoms with van der Waals surface area (Å²) in [7, 11) is 0. The number of nitrogens with zero attached hydrogens (tertiary/aromatic N) is 1. The van der Waals surface area contributed by atoms with Crippen LogP contribution in [0, 0.1) is 0 Å². The number of rotatable bonds is 5. The highest BCUT2D eigenvalue weighted by Gasteiger charge is 2.02. The van der Waals surface area contributed by atoms with E-state index in [2.05, 4.69) is 46.5 Å². The Morgan fingerprint density at radius 2 is 2.21 bits per heavy atom. The molecular formula is C15H17N3O. The van der Waals surface area contributed by atoms with Gasteiger partial charge in [0, 0.05) is 24.7 Å². The van der Waals surface area contributed by atoms with Gasteiger partial charge in [0.25, 0.3) is 0 Å². The third kappa shape index (κ3) is 2.69. The summed E-state index contributed by atoms with van der Waals surface area (Å²) in [6.45, 7) is 3.53. The molecule has 0 saturated heterocycles. The first-order chi connectivity index (χ1) is 9.35. The third-order valence-corrected chi connectivity index (χ3v) is 3.17. The van der Waals surface area contributed by atoms with Crippen molar-refractivity contribution in [2.24, 2.45) is 0 Å². The van der Waals surface area contributed by atoms with Crippen LogP contribution < -0.4 is 5.32 Å². The lowest BCUT2D eigenvalue weighted by molar-refractivity contribution is 0.439. The Balaban J connectivity index is 1.59. The second-order valence-corrected chi connectivity index (χ2v) is 4.58. The molecule has 0 atom stereocenters. The van der Waals surface area contributed by atoms with Gasteiger partial charge in [0.2, 0.25) is 5.89 Å². The highest BCUT2D eigenvalue weighted by molar-refractivity contribution is 5.79. The number of aromatic amines is 1. The van der Waals surface area contributed by atoms with Crippen LogP contribution in [0.2, 0.25) is 0 Å². The summed E-state index contributed by atoms with van der Waals surface area (Å²) in [5.74, 6) is 1.69. The van der Waals surface area contributed by atoms with Crippen LogP contribution in [-0.2, 0) is 19.5 Å². The van der Waals surface area contributed by atoms with Crippen LogP contribution in [0.1, 0.15) is 24.1 Å². The van der Waals surface area contributed by atoms with E-state index >= 15 is 0 Å². The highest BCUT2D eigenvalue weighted by atomic mass is 16.4. The van der Waals surface area contributed by atoms with E-state index in [0.29, 0.717) is 6.54 Å². The Morgan fingerprint density at radius 3 is 3.05 bits per heavy atom. The molecule has 4 heteroatoms. The minimum atomic E-state index is 0.658. The fourth-order valence-corrected chi connectivity index (χ4v) is 2.12. The number of oxazole rings is 1. The fraction of sp³-hybridized carbons (Fsp3) is 0.267. The van der Waals surface area contributed by atoms with Crippen molar-refractivity contribution in [3.63, 3.8) is 0 Å². The number of nitrogens with one attached hydrogen (secondary N) is 2. The summed E-state index contributed by atoms with van der Waals surface area (Å²) < 4.78 is 5.55. The second-order valence-electron chi connectivity index (χ2n) is 4.58. The molecule has 1 aromatic carbocycles. The van der Waals surface area contributed by atoms with E-state index < -0.39 is 0 Å². The van der Waals surface area contributed by atoms with E-state index in [1.807, 2.05) is 6.20 Å². The maximum Gasteiger partial charge on any atom is 0.208 e. The zero-order chi connectivity index (χ0) is 13.1. The monoisotopic (exact) mass is 255 g/mol. The summed E-state index contributed by atoms with van der Waals surface area (Å²) in [6, 6.07) is 8.50. The van der Waals surface area contributed by atoms with Gasteiger partial charge < -0.3 is 14.7 Å². The summed E-state index contributed by atoms with van der Waals surface area (Å²) in [5.41, 5.74) is 2.43. The Labute approximate surface area is 111 Å². The maximum absolute atomic E-state index is 5.55. The standard InChI is InChI=1S/C15H17N3O/c1-2-13-9-18-15(19-13)10-16-8-11-3-4-14-12(7-11)5-6-17-14/h3-7,9,16-17H,2,8,10H2,1H3. The highest BCUT2D eigenvalue weighted by Crippen LogP contribution is 2.14. The van der Waals surface area contributed by atoms with Crippen molar-refractivity contribution in [2.45, 2.75) is 26.4 Å². The zero-order valence-electron chi connectivity index (χ0n) is 10.9. The van der Waals surface area contributed by atoms with Crippen molar-refractivity contribution in [1.29, 1.82) is 0 Å². The number of hydrogen-bond acceptors (Lipinski definition) is 3. The van der Waals surface area contributed by atoms with Crippen molar-refractivity contribution >= 4 is 10.9 Å². The van der Waals surface area contributed by atoms with Crippen LogP contribution in [0.4, 0.5) is 0 Å². The molecule has 0 radical (unpaired) electrons. The first-order valence-electron chi connectivity index (χ1n) is 6.55. The van der Waals surface area contributed by atoms with Gasteiger partial charge in [-0.3, -0.25) is 0 Å². The van der Waals surface area contributed by atoms with Gasteiger partial charge in [0.1, 0.15) is 5.76 Å². The van der Waals surface area contributed by atoms with Gasteiger partial charge in [0.05, 0.1) is 12.7 Å². The molecule has 4 nitrogen and oxygen atoms in total. The Hall–Kier alpha value is -2.07. The molecule has 0 amide bonds. The van der Waals surface area contributed by atoms with Gasteiger partial charge in [-0.15, -0.1) is 0 Å². The van der Waals surface area contributed by atoms with E-state index in [-0.39, 0.29) is 0 Å². The molecule has 19 heavy (non-hydrogen) atoms. The summed E-state index contributed by atoms with van der Waals surface area (Å²) in [6.07, 6.45) is 4.64. The molecule has 2 N–H and O–H groups in total. The molecule has 0 saturated carbocycles. The van der Waals surface area contributed by atoms with Crippen LogP contribution in [0.25, 0.3) is 10.9 Å². The first-order valence-corrected chi connectivity index (χ1v) is 6.55. The van der Waals surface area contributed by atoms with E-state index in [0.717, 1.165) is 24.6 Å². The van der Waals surface area contributed by atoms with Crippen molar-refractivity contribution < 1.29 is 4.42 Å². The average Bonchev–Trinajstić information content (AvgIpc) is 3.06. The number of H-pyrrole nitrogens is 1. The minimum absolute atomic E-state index is 0.658. The maximum atomic E-state index is 5.55. The van der Waals surface area contributed by atoms with Crippen LogP contribution in [0.3, 0.4) is 0 Å². The quantitative estimate of drug-likeness (QED) is 0.737. The van der Waals surface area contributed by atoms with Gasteiger partial charge in [-0.2, -0.15) is 0 Å². The Kier molecular flexibility index (Phi) is 3.33. The normalized spacial score (nSPS) is 11.2. The lowest BCUT2D eigenvalue weighted by Gasteiger charge is -2.03. The lowest BCUT2D eigenvalue weighted by atomic mass is 10.1. The third-order valence-electron chi connectivity index (χ3n) is 3.17. The molecule has 3 rings (SSSR count). The van der Waals surface area contributed by atoms with Crippen LogP contribution in [-0.4, -0.2) is 9.97 Å². The molecule has 0 aliphatic heterocycles. The van der Waals surface area contributed by atoms with Gasteiger partial charge in [-0.05, 0) is 29.1 Å². The number of aryl methyl sites for hydroxylation is 1. The lowest BCUT2D eigenvalue weighted by Crippen LogP contribution is -2.12. The summed E-state index contributed by atoms with van der Waals surface area (Å²) in [4.78, 5) is 7.42. The number of fused-ring (bicyclic) bond motifs is 1. The van der Waals surface area contributed by atoms with Gasteiger partial charge in [-0.1, -0.05) is 13.0 Å². The largest absolute Gasteiger partial charge is 0.444 e. The molecule has 0 aliphatic carbocycles. The van der Waals surface area contributed by atoms with Crippen molar-refractivity contribution in [1.82, 2.24) is 15.3 Å². The number of benzene rings is 1. The molecular weight excluding hydrogens is 238 g/mol. The summed E-state index contributed by atoms with van der Waals surface area (Å²) in [5, 5.41) is 4.59. The average molecular weight is 255 g/mol. The van der Waals surface area contributed by atoms with Crippen molar-refractivity contribution in [2.75, 3.05) is 0 Å². The number of aromatic nitrogens is 2. The van der Waals surface area contributed by atoms with E-state index in [4.69, 9.17) is 4.42 Å². The molecule has 98 valence electrons. The van der Waals surface area contributed by atoms with E-state index in [1.165, 1.54) is 16.5 Å². The zero-order valence-corrected chi connectivity index (χ0v) is 10.9. The minimum Gasteiger partial charge on any atom is -0.444 e. The second kappa shape index (κ2) is 5.28. The molecule has 2 heterocycles. The van der Waals surface area contributed by atoms with E-state index in [1.54, 1.807) is 6.20 Å². The number of hydrogen-bond donors (Lipinski definition) is 2. The Bertz CT molecular complexity index is 669. The molecule has 0 fully saturated rings. The first kappa shape index (κ1) is 12.0. The van der Waals surface area contributed by atoms with E-state index in [9.17, 15) is 0 Å². The topological polar surface area (TPSA) is 53.9 Å². The predicted molar refractivity (Wildman–Crippen MR) is 74.7 cm³/mol. The van der Waals surface area contributed by atoms with Crippen LogP contribution in [0.15, 0.2) is 41.1 Å². The van der Waals surface area contributed by atoms with Gasteiger partial charge in [0.15, 0.2) is 0 Å². The molecule has 0 bridgehead atoms. The molecule has 0 unspecified atom stereocenters. The molecule has 0 spiro atoms. The van der Waals surface area contributed by atoms with Gasteiger partial charge in [-0.25, -0.2) is 4.98 Å². The van der Waals surface area contributed by atoms with Crippen molar-refractivity contribution in [3.05, 3.63) is 53.9 Å². The smallest absolute Gasteiger partial charge is 0.208 e. The fourth-order valence-electron chi connectivity index (χ4n) is 2.12. The van der Waals surface area contributed by atoms with Crippen LogP contribution >= 0.6 is 0 Å². The molecule has 2 aromatic heterocycles. The molecule has 0 aliphatic rings.